The van der Waals surface area contributed by atoms with Crippen LogP contribution >= 0.6 is 0 Å². The second-order valence-electron chi connectivity index (χ2n) is 6.22. The molecule has 7 nitrogen and oxygen atoms in total. The largest absolute Gasteiger partial charge is 0.368 e. The second-order valence-corrected chi connectivity index (χ2v) is 6.22. The van der Waals surface area contributed by atoms with Crippen LogP contribution in [0, 0.1) is 12.8 Å². The lowest BCUT2D eigenvalue weighted by atomic mass is 10.0. The Hall–Kier alpha value is -2.51. The van der Waals surface area contributed by atoms with Crippen LogP contribution in [-0.4, -0.2) is 33.1 Å². The molecule has 0 amide bonds. The van der Waals surface area contributed by atoms with E-state index in [2.05, 4.69) is 32.7 Å². The fourth-order valence-electron chi connectivity index (χ4n) is 3.20. The molecule has 0 bridgehead atoms. The first kappa shape index (κ1) is 16.0. The minimum absolute atomic E-state index is 0.118. The van der Waals surface area contributed by atoms with E-state index in [1.165, 1.54) is 0 Å². The third-order valence-corrected chi connectivity index (χ3v) is 4.44. The SMILES string of the molecule is Cc1noc([C@H]2OCC[C@H]2CNCc2ccnn2-c2ccccc2)n1. The van der Waals surface area contributed by atoms with Crippen LogP contribution in [0.4, 0.5) is 0 Å². The summed E-state index contributed by atoms with van der Waals surface area (Å²) < 4.78 is 13.0. The van der Waals surface area contributed by atoms with E-state index < -0.39 is 0 Å². The van der Waals surface area contributed by atoms with Crippen molar-refractivity contribution in [3.63, 3.8) is 0 Å². The minimum Gasteiger partial charge on any atom is -0.368 e. The molecule has 25 heavy (non-hydrogen) atoms. The summed E-state index contributed by atoms with van der Waals surface area (Å²) in [6, 6.07) is 12.2. The highest BCUT2D eigenvalue weighted by atomic mass is 16.5. The van der Waals surface area contributed by atoms with Crippen molar-refractivity contribution in [1.82, 2.24) is 25.2 Å². The Balaban J connectivity index is 1.38. The molecule has 1 aliphatic rings. The van der Waals surface area contributed by atoms with E-state index in [1.807, 2.05) is 42.1 Å². The van der Waals surface area contributed by atoms with Gasteiger partial charge in [0.05, 0.1) is 11.4 Å². The van der Waals surface area contributed by atoms with Crippen molar-refractivity contribution >= 4 is 0 Å². The number of para-hydroxylation sites is 1. The van der Waals surface area contributed by atoms with Crippen LogP contribution in [0.5, 0.6) is 0 Å². The van der Waals surface area contributed by atoms with Crippen molar-refractivity contribution in [1.29, 1.82) is 0 Å². The normalized spacial score (nSPS) is 20.2. The van der Waals surface area contributed by atoms with Crippen molar-refractivity contribution in [2.75, 3.05) is 13.2 Å². The zero-order chi connectivity index (χ0) is 17.1. The molecule has 1 N–H and O–H groups in total. The molecule has 1 aromatic carbocycles. The molecule has 3 heterocycles. The summed E-state index contributed by atoms with van der Waals surface area (Å²) >= 11 is 0. The molecule has 0 saturated carbocycles. The van der Waals surface area contributed by atoms with Crippen molar-refractivity contribution in [3.8, 4) is 5.69 Å². The Morgan fingerprint density at radius 2 is 2.12 bits per heavy atom. The Morgan fingerprint density at radius 1 is 1.24 bits per heavy atom. The van der Waals surface area contributed by atoms with Gasteiger partial charge in [0, 0.05) is 31.8 Å². The maximum atomic E-state index is 5.79. The zero-order valence-electron chi connectivity index (χ0n) is 14.1. The third kappa shape index (κ3) is 3.47. The molecular formula is C18H21N5O2. The van der Waals surface area contributed by atoms with E-state index in [0.717, 1.165) is 37.5 Å². The average Bonchev–Trinajstić information content (AvgIpc) is 3.36. The highest BCUT2D eigenvalue weighted by Crippen LogP contribution is 2.33. The van der Waals surface area contributed by atoms with Gasteiger partial charge in [-0.05, 0) is 31.5 Å². The van der Waals surface area contributed by atoms with Crippen molar-refractivity contribution < 1.29 is 9.26 Å². The Kier molecular flexibility index (Phi) is 4.58. The molecule has 3 aromatic rings. The molecule has 130 valence electrons. The van der Waals surface area contributed by atoms with Gasteiger partial charge in [0.15, 0.2) is 5.82 Å². The summed E-state index contributed by atoms with van der Waals surface area (Å²) in [6.45, 7) is 4.10. The van der Waals surface area contributed by atoms with Gasteiger partial charge in [-0.2, -0.15) is 10.1 Å². The standard InChI is InChI=1S/C18H21N5O2/c1-13-21-18(25-22-13)17-14(8-10-24-17)11-19-12-16-7-9-20-23(16)15-5-3-2-4-6-15/h2-7,9,14,17,19H,8,10-12H2,1H3/t14-,17-/m0/s1. The molecule has 1 saturated heterocycles. The molecule has 0 spiro atoms. The maximum Gasteiger partial charge on any atom is 0.256 e. The topological polar surface area (TPSA) is 78.0 Å². The fraction of sp³-hybridized carbons (Fsp3) is 0.389. The molecule has 0 unspecified atom stereocenters. The Morgan fingerprint density at radius 3 is 2.92 bits per heavy atom. The van der Waals surface area contributed by atoms with Gasteiger partial charge >= 0.3 is 0 Å². The fourth-order valence-corrected chi connectivity index (χ4v) is 3.20. The van der Waals surface area contributed by atoms with Gasteiger partial charge in [-0.15, -0.1) is 0 Å². The molecule has 4 rings (SSSR count). The Bertz CT molecular complexity index is 814. The molecule has 1 fully saturated rings. The predicted octanol–water partition coefficient (Wildman–Crippen LogP) is 2.43. The van der Waals surface area contributed by atoms with Crippen LogP contribution in [0.15, 0.2) is 47.1 Å². The van der Waals surface area contributed by atoms with Gasteiger partial charge in [0.2, 0.25) is 0 Å². The van der Waals surface area contributed by atoms with E-state index in [0.29, 0.717) is 17.6 Å². The predicted molar refractivity (Wildman–Crippen MR) is 91.1 cm³/mol. The summed E-state index contributed by atoms with van der Waals surface area (Å²) in [5.41, 5.74) is 2.18. The van der Waals surface area contributed by atoms with E-state index in [-0.39, 0.29) is 6.10 Å². The van der Waals surface area contributed by atoms with Crippen LogP contribution in [0.25, 0.3) is 5.69 Å². The van der Waals surface area contributed by atoms with Crippen LogP contribution < -0.4 is 5.32 Å². The molecule has 0 radical (unpaired) electrons. The molecular weight excluding hydrogens is 318 g/mol. The van der Waals surface area contributed by atoms with Gasteiger partial charge < -0.3 is 14.6 Å². The first-order chi connectivity index (χ1) is 12.3. The van der Waals surface area contributed by atoms with Gasteiger partial charge in [0.25, 0.3) is 5.89 Å². The van der Waals surface area contributed by atoms with Gasteiger partial charge in [-0.3, -0.25) is 0 Å². The van der Waals surface area contributed by atoms with Gasteiger partial charge in [-0.25, -0.2) is 4.68 Å². The summed E-state index contributed by atoms with van der Waals surface area (Å²) in [6.07, 6.45) is 2.69. The van der Waals surface area contributed by atoms with Gasteiger partial charge in [-0.1, -0.05) is 23.4 Å². The number of nitrogens with zero attached hydrogens (tertiary/aromatic N) is 4. The maximum absolute atomic E-state index is 5.79. The number of rotatable bonds is 6. The molecule has 2 aromatic heterocycles. The average molecular weight is 339 g/mol. The number of nitrogens with one attached hydrogen (secondary N) is 1. The minimum atomic E-state index is -0.118. The summed E-state index contributed by atoms with van der Waals surface area (Å²) in [7, 11) is 0. The number of hydrogen-bond donors (Lipinski definition) is 1. The van der Waals surface area contributed by atoms with E-state index >= 15 is 0 Å². The summed E-state index contributed by atoms with van der Waals surface area (Å²) in [5, 5.41) is 11.8. The lowest BCUT2D eigenvalue weighted by molar-refractivity contribution is 0.0623. The van der Waals surface area contributed by atoms with E-state index in [9.17, 15) is 0 Å². The number of aryl methyl sites for hydroxylation is 1. The molecule has 2 atom stereocenters. The molecule has 1 aliphatic heterocycles. The second kappa shape index (κ2) is 7.16. The number of hydrogen-bond acceptors (Lipinski definition) is 6. The zero-order valence-corrected chi connectivity index (χ0v) is 14.1. The first-order valence-electron chi connectivity index (χ1n) is 8.52. The number of ether oxygens (including phenoxy) is 1. The van der Waals surface area contributed by atoms with E-state index in [4.69, 9.17) is 9.26 Å². The molecule has 0 aliphatic carbocycles. The summed E-state index contributed by atoms with van der Waals surface area (Å²) in [5.74, 6) is 1.55. The number of aromatic nitrogens is 4. The number of benzene rings is 1. The van der Waals surface area contributed by atoms with E-state index in [1.54, 1.807) is 0 Å². The molecule has 7 heteroatoms. The smallest absolute Gasteiger partial charge is 0.256 e. The van der Waals surface area contributed by atoms with Crippen LogP contribution in [0.1, 0.15) is 29.9 Å². The lowest BCUT2D eigenvalue weighted by Crippen LogP contribution is -2.25. The van der Waals surface area contributed by atoms with Crippen LogP contribution in [0.2, 0.25) is 0 Å². The Labute approximate surface area is 146 Å². The van der Waals surface area contributed by atoms with Crippen molar-refractivity contribution in [2.24, 2.45) is 5.92 Å². The van der Waals surface area contributed by atoms with Crippen LogP contribution in [0.3, 0.4) is 0 Å². The quantitative estimate of drug-likeness (QED) is 0.743. The lowest BCUT2D eigenvalue weighted by Gasteiger charge is -2.16. The summed E-state index contributed by atoms with van der Waals surface area (Å²) in [4.78, 5) is 4.31. The highest BCUT2D eigenvalue weighted by molar-refractivity contribution is 5.32. The van der Waals surface area contributed by atoms with Crippen LogP contribution in [-0.2, 0) is 11.3 Å². The first-order valence-corrected chi connectivity index (χ1v) is 8.52. The highest BCUT2D eigenvalue weighted by Gasteiger charge is 2.33. The monoisotopic (exact) mass is 339 g/mol. The van der Waals surface area contributed by atoms with Gasteiger partial charge in [0.1, 0.15) is 6.10 Å². The van der Waals surface area contributed by atoms with Crippen molar-refractivity contribution in [2.45, 2.75) is 26.0 Å². The van der Waals surface area contributed by atoms with Crippen molar-refractivity contribution in [3.05, 3.63) is 60.0 Å². The third-order valence-electron chi connectivity index (χ3n) is 4.44.